The van der Waals surface area contributed by atoms with Crippen LogP contribution in [0.1, 0.15) is 41.6 Å². The zero-order valence-corrected chi connectivity index (χ0v) is 17.8. The smallest absolute Gasteiger partial charge is 0.328 e. The lowest BCUT2D eigenvalue weighted by molar-refractivity contribution is -0.131. The Hall–Kier alpha value is -4.06. The van der Waals surface area contributed by atoms with Crippen LogP contribution < -0.4 is 0 Å². The summed E-state index contributed by atoms with van der Waals surface area (Å²) in [6.45, 7) is 0. The number of pyridine rings is 1. The SMILES string of the molecule is O=C(O)/C=C/c1ccc(/C(=C(\c2ccccc2)C2CCC2)c2ccc3n[nH]c(F)c3c2)nc1. The summed E-state index contributed by atoms with van der Waals surface area (Å²) in [5.41, 5.74) is 6.19. The molecular weight excluding hydrogens is 417 g/mol. The van der Waals surface area contributed by atoms with Gasteiger partial charge in [0.15, 0.2) is 0 Å². The number of halogens is 1. The molecule has 2 N–H and O–H groups in total. The molecule has 0 saturated heterocycles. The Morgan fingerprint density at radius 3 is 2.55 bits per heavy atom. The molecule has 4 aromatic rings. The average molecular weight is 439 g/mol. The number of hydrogen-bond donors (Lipinski definition) is 2. The molecule has 0 amide bonds. The van der Waals surface area contributed by atoms with Crippen molar-refractivity contribution < 1.29 is 14.3 Å². The molecule has 1 aliphatic carbocycles. The van der Waals surface area contributed by atoms with Crippen molar-refractivity contribution >= 4 is 34.1 Å². The lowest BCUT2D eigenvalue weighted by atomic mass is 9.73. The topological polar surface area (TPSA) is 78.9 Å². The molecule has 0 unspecified atom stereocenters. The highest BCUT2D eigenvalue weighted by atomic mass is 19.1. The fourth-order valence-corrected chi connectivity index (χ4v) is 4.29. The number of hydrogen-bond acceptors (Lipinski definition) is 3. The molecular formula is C27H22FN3O2. The molecule has 2 aromatic heterocycles. The summed E-state index contributed by atoms with van der Waals surface area (Å²) in [7, 11) is 0. The molecule has 0 spiro atoms. The van der Waals surface area contributed by atoms with Crippen LogP contribution in [0.5, 0.6) is 0 Å². The largest absolute Gasteiger partial charge is 0.478 e. The number of carbonyl (C=O) groups is 1. The van der Waals surface area contributed by atoms with Gasteiger partial charge in [-0.15, -0.1) is 0 Å². The predicted octanol–water partition coefficient (Wildman–Crippen LogP) is 5.95. The molecule has 164 valence electrons. The van der Waals surface area contributed by atoms with Crippen LogP contribution in [0, 0.1) is 11.9 Å². The van der Waals surface area contributed by atoms with Crippen molar-refractivity contribution in [2.75, 3.05) is 0 Å². The second kappa shape index (κ2) is 8.82. The summed E-state index contributed by atoms with van der Waals surface area (Å²) in [5.74, 6) is -1.08. The normalized spacial score (nSPS) is 14.9. The number of carboxylic acid groups (broad SMARTS) is 1. The van der Waals surface area contributed by atoms with E-state index in [-0.39, 0.29) is 0 Å². The van der Waals surface area contributed by atoms with E-state index in [1.54, 1.807) is 6.20 Å². The summed E-state index contributed by atoms with van der Waals surface area (Å²) >= 11 is 0. The van der Waals surface area contributed by atoms with Gasteiger partial charge < -0.3 is 5.11 Å². The molecule has 1 fully saturated rings. The van der Waals surface area contributed by atoms with Crippen molar-refractivity contribution in [2.24, 2.45) is 5.92 Å². The highest BCUT2D eigenvalue weighted by Gasteiger charge is 2.28. The molecule has 0 bridgehead atoms. The molecule has 0 aliphatic heterocycles. The molecule has 2 aromatic carbocycles. The van der Waals surface area contributed by atoms with Crippen LogP contribution >= 0.6 is 0 Å². The van der Waals surface area contributed by atoms with Gasteiger partial charge in [0.1, 0.15) is 0 Å². The van der Waals surface area contributed by atoms with E-state index in [0.717, 1.165) is 41.3 Å². The Kier molecular flexibility index (Phi) is 5.57. The molecule has 0 atom stereocenters. The Balaban J connectivity index is 1.73. The number of nitrogens with one attached hydrogen (secondary N) is 1. The van der Waals surface area contributed by atoms with Crippen LogP contribution in [0.4, 0.5) is 4.39 Å². The second-order valence-electron chi connectivity index (χ2n) is 8.20. The average Bonchev–Trinajstić information content (AvgIpc) is 3.17. The van der Waals surface area contributed by atoms with Crippen molar-refractivity contribution in [3.8, 4) is 0 Å². The Morgan fingerprint density at radius 1 is 1.06 bits per heavy atom. The fraction of sp³-hybridized carbons (Fsp3) is 0.148. The number of rotatable bonds is 6. The Morgan fingerprint density at radius 2 is 1.88 bits per heavy atom. The van der Waals surface area contributed by atoms with Gasteiger partial charge in [0.2, 0.25) is 5.95 Å². The number of aliphatic carboxylic acids is 1. The first-order chi connectivity index (χ1) is 16.1. The van der Waals surface area contributed by atoms with E-state index in [2.05, 4.69) is 22.3 Å². The van der Waals surface area contributed by atoms with Crippen LogP contribution in [-0.2, 0) is 4.79 Å². The summed E-state index contributed by atoms with van der Waals surface area (Å²) in [6.07, 6.45) is 7.63. The lowest BCUT2D eigenvalue weighted by Gasteiger charge is -2.31. The fourth-order valence-electron chi connectivity index (χ4n) is 4.29. The Labute approximate surface area is 190 Å². The van der Waals surface area contributed by atoms with E-state index in [1.807, 2.05) is 48.5 Å². The molecule has 5 nitrogen and oxygen atoms in total. The standard InChI is InChI=1S/C27H22FN3O2/c28-27-21-15-20(11-13-22(21)30-31-27)26(23-12-9-17(16-29-23)10-14-24(32)33)25(19-7-4-8-19)18-5-2-1-3-6-18/h1-3,5-6,9-16,19H,4,7-8H2,(H,30,31)(H,32,33)/b14-10+,26-25+. The maximum absolute atomic E-state index is 14.3. The molecule has 33 heavy (non-hydrogen) atoms. The highest BCUT2D eigenvalue weighted by molar-refractivity contribution is 6.00. The number of aromatic nitrogens is 3. The summed E-state index contributed by atoms with van der Waals surface area (Å²) in [6, 6.07) is 19.6. The van der Waals surface area contributed by atoms with Crippen molar-refractivity contribution in [1.82, 2.24) is 15.2 Å². The van der Waals surface area contributed by atoms with Gasteiger partial charge in [-0.25, -0.2) is 4.79 Å². The van der Waals surface area contributed by atoms with Gasteiger partial charge in [0.05, 0.1) is 16.6 Å². The van der Waals surface area contributed by atoms with Gasteiger partial charge in [-0.3, -0.25) is 10.1 Å². The van der Waals surface area contributed by atoms with Gasteiger partial charge in [-0.05, 0) is 65.3 Å². The van der Waals surface area contributed by atoms with E-state index in [4.69, 9.17) is 10.1 Å². The monoisotopic (exact) mass is 439 g/mol. The van der Waals surface area contributed by atoms with Gasteiger partial charge in [-0.2, -0.15) is 9.49 Å². The minimum atomic E-state index is -1.01. The third kappa shape index (κ3) is 4.20. The number of carboxylic acids is 1. The summed E-state index contributed by atoms with van der Waals surface area (Å²) in [4.78, 5) is 15.5. The van der Waals surface area contributed by atoms with Gasteiger partial charge >= 0.3 is 5.97 Å². The van der Waals surface area contributed by atoms with Gasteiger partial charge in [0, 0.05) is 17.8 Å². The number of nitrogens with zero attached hydrogens (tertiary/aromatic N) is 2. The number of aromatic amines is 1. The van der Waals surface area contributed by atoms with Crippen molar-refractivity contribution in [3.63, 3.8) is 0 Å². The van der Waals surface area contributed by atoms with E-state index >= 15 is 0 Å². The molecule has 6 heteroatoms. The molecule has 1 saturated carbocycles. The summed E-state index contributed by atoms with van der Waals surface area (Å²) in [5, 5.41) is 15.8. The van der Waals surface area contributed by atoms with Crippen molar-refractivity contribution in [2.45, 2.75) is 19.3 Å². The van der Waals surface area contributed by atoms with Gasteiger partial charge in [-0.1, -0.05) is 48.9 Å². The van der Waals surface area contributed by atoms with Crippen molar-refractivity contribution in [1.29, 1.82) is 0 Å². The Bertz CT molecular complexity index is 1370. The number of benzene rings is 2. The van der Waals surface area contributed by atoms with Crippen LogP contribution in [-0.4, -0.2) is 26.3 Å². The van der Waals surface area contributed by atoms with E-state index in [0.29, 0.717) is 22.4 Å². The van der Waals surface area contributed by atoms with Crippen LogP contribution in [0.2, 0.25) is 0 Å². The van der Waals surface area contributed by atoms with E-state index < -0.39 is 11.9 Å². The molecule has 5 rings (SSSR count). The van der Waals surface area contributed by atoms with E-state index in [9.17, 15) is 9.18 Å². The zero-order chi connectivity index (χ0) is 22.8. The first-order valence-corrected chi connectivity index (χ1v) is 10.9. The maximum Gasteiger partial charge on any atom is 0.328 e. The maximum atomic E-state index is 14.3. The minimum Gasteiger partial charge on any atom is -0.478 e. The number of H-pyrrole nitrogens is 1. The molecule has 2 heterocycles. The zero-order valence-electron chi connectivity index (χ0n) is 17.8. The minimum absolute atomic E-state index is 0.390. The quantitative estimate of drug-likeness (QED) is 0.287. The van der Waals surface area contributed by atoms with Crippen LogP contribution in [0.15, 0.2) is 72.9 Å². The lowest BCUT2D eigenvalue weighted by Crippen LogP contribution is -2.15. The van der Waals surface area contributed by atoms with Gasteiger partial charge in [0.25, 0.3) is 0 Å². The third-order valence-electron chi connectivity index (χ3n) is 6.12. The van der Waals surface area contributed by atoms with E-state index in [1.165, 1.54) is 18.1 Å². The first-order valence-electron chi connectivity index (χ1n) is 10.9. The number of fused-ring (bicyclic) bond motifs is 1. The second-order valence-corrected chi connectivity index (χ2v) is 8.20. The molecule has 0 radical (unpaired) electrons. The summed E-state index contributed by atoms with van der Waals surface area (Å²) < 4.78 is 14.3. The first kappa shape index (κ1) is 20.8. The third-order valence-corrected chi connectivity index (χ3v) is 6.12. The van der Waals surface area contributed by atoms with Crippen molar-refractivity contribution in [3.05, 3.63) is 101 Å². The predicted molar refractivity (Wildman–Crippen MR) is 127 cm³/mol. The van der Waals surface area contributed by atoms with Crippen LogP contribution in [0.3, 0.4) is 0 Å². The molecule has 1 aliphatic rings. The highest BCUT2D eigenvalue weighted by Crippen LogP contribution is 2.45. The number of allylic oxidation sites excluding steroid dienone is 1. The van der Waals surface area contributed by atoms with Crippen LogP contribution in [0.25, 0.3) is 28.1 Å².